The Bertz CT molecular complexity index is 1120. The smallest absolute Gasteiger partial charge is 0.247 e. The SMILES string of the molecule is Cc1ccc(N2C(=O)C[C@H](Sc3cccc(NC(=S)Nc4ccccc4)c3)C2=O)cc1. The Labute approximate surface area is 190 Å². The molecule has 1 atom stereocenters. The van der Waals surface area contributed by atoms with Gasteiger partial charge in [0.1, 0.15) is 0 Å². The number of nitrogens with one attached hydrogen (secondary N) is 2. The van der Waals surface area contributed by atoms with Crippen LogP contribution >= 0.6 is 24.0 Å². The summed E-state index contributed by atoms with van der Waals surface area (Å²) in [7, 11) is 0. The molecule has 3 aromatic rings. The van der Waals surface area contributed by atoms with Gasteiger partial charge in [0.2, 0.25) is 11.8 Å². The zero-order chi connectivity index (χ0) is 21.8. The van der Waals surface area contributed by atoms with E-state index in [0.717, 1.165) is 21.8 Å². The van der Waals surface area contributed by atoms with Gasteiger partial charge in [-0.2, -0.15) is 0 Å². The number of carbonyl (C=O) groups excluding carboxylic acids is 2. The van der Waals surface area contributed by atoms with Crippen LogP contribution in [0.15, 0.2) is 83.8 Å². The van der Waals surface area contributed by atoms with E-state index in [9.17, 15) is 9.59 Å². The second-order valence-electron chi connectivity index (χ2n) is 7.19. The van der Waals surface area contributed by atoms with Crippen LogP contribution in [0.3, 0.4) is 0 Å². The van der Waals surface area contributed by atoms with Crippen molar-refractivity contribution in [2.75, 3.05) is 15.5 Å². The lowest BCUT2D eigenvalue weighted by Gasteiger charge is -2.15. The summed E-state index contributed by atoms with van der Waals surface area (Å²) in [5, 5.41) is 6.32. The van der Waals surface area contributed by atoms with E-state index in [1.54, 1.807) is 0 Å². The summed E-state index contributed by atoms with van der Waals surface area (Å²) in [6.07, 6.45) is 0.184. The number of aryl methyl sites for hydroxylation is 1. The second-order valence-corrected chi connectivity index (χ2v) is 8.87. The summed E-state index contributed by atoms with van der Waals surface area (Å²) in [6, 6.07) is 24.7. The van der Waals surface area contributed by atoms with Crippen molar-refractivity contribution >= 4 is 58.0 Å². The van der Waals surface area contributed by atoms with Gasteiger partial charge in [-0.25, -0.2) is 4.90 Å². The number of benzene rings is 3. The van der Waals surface area contributed by atoms with Crippen molar-refractivity contribution in [2.24, 2.45) is 0 Å². The third-order valence-corrected chi connectivity index (χ3v) is 6.18. The van der Waals surface area contributed by atoms with Gasteiger partial charge in [0.25, 0.3) is 0 Å². The van der Waals surface area contributed by atoms with E-state index < -0.39 is 5.25 Å². The molecule has 0 unspecified atom stereocenters. The fraction of sp³-hybridized carbons (Fsp3) is 0.125. The Morgan fingerprint density at radius 1 is 0.935 bits per heavy atom. The van der Waals surface area contributed by atoms with E-state index in [2.05, 4.69) is 10.6 Å². The summed E-state index contributed by atoms with van der Waals surface area (Å²) >= 11 is 6.78. The van der Waals surface area contributed by atoms with Gasteiger partial charge in [-0.15, -0.1) is 11.8 Å². The first kappa shape index (κ1) is 21.1. The standard InChI is InChI=1S/C24H21N3O2S2/c1-16-10-12-19(13-11-16)27-22(28)15-21(23(27)29)31-20-9-5-8-18(14-20)26-24(30)25-17-6-3-2-4-7-17/h2-14,21H,15H2,1H3,(H2,25,26,30)/t21-/m0/s1. The van der Waals surface area contributed by atoms with Crippen LogP contribution in [0.5, 0.6) is 0 Å². The summed E-state index contributed by atoms with van der Waals surface area (Å²) in [5.41, 5.74) is 3.41. The monoisotopic (exact) mass is 447 g/mol. The van der Waals surface area contributed by atoms with Crippen LogP contribution < -0.4 is 15.5 Å². The zero-order valence-corrected chi connectivity index (χ0v) is 18.5. The molecule has 5 nitrogen and oxygen atoms in total. The molecular weight excluding hydrogens is 426 g/mol. The number of hydrogen-bond acceptors (Lipinski definition) is 4. The van der Waals surface area contributed by atoms with E-state index in [-0.39, 0.29) is 18.2 Å². The Hall–Kier alpha value is -3.16. The number of thioether (sulfide) groups is 1. The first-order chi connectivity index (χ1) is 15.0. The lowest BCUT2D eigenvalue weighted by molar-refractivity contribution is -0.121. The Kier molecular flexibility index (Phi) is 6.34. The van der Waals surface area contributed by atoms with Gasteiger partial charge in [0, 0.05) is 22.7 Å². The summed E-state index contributed by atoms with van der Waals surface area (Å²) in [6.45, 7) is 1.97. The molecule has 31 heavy (non-hydrogen) atoms. The lowest BCUT2D eigenvalue weighted by atomic mass is 10.2. The van der Waals surface area contributed by atoms with Crippen LogP contribution in [-0.2, 0) is 9.59 Å². The quantitative estimate of drug-likeness (QED) is 0.413. The molecule has 1 saturated heterocycles. The molecule has 0 saturated carbocycles. The van der Waals surface area contributed by atoms with Gasteiger partial charge in [-0.1, -0.05) is 42.0 Å². The number of anilines is 3. The van der Waals surface area contributed by atoms with E-state index in [4.69, 9.17) is 12.2 Å². The Balaban J connectivity index is 1.41. The van der Waals surface area contributed by atoms with Crippen molar-refractivity contribution in [1.82, 2.24) is 0 Å². The molecule has 0 radical (unpaired) electrons. The molecule has 1 heterocycles. The molecule has 1 aliphatic rings. The third kappa shape index (κ3) is 5.13. The average Bonchev–Trinajstić information content (AvgIpc) is 3.02. The third-order valence-electron chi connectivity index (χ3n) is 4.80. The van der Waals surface area contributed by atoms with Crippen molar-refractivity contribution in [1.29, 1.82) is 0 Å². The summed E-state index contributed by atoms with van der Waals surface area (Å²) in [4.78, 5) is 27.6. The van der Waals surface area contributed by atoms with Crippen LogP contribution in [0.1, 0.15) is 12.0 Å². The highest BCUT2D eigenvalue weighted by Gasteiger charge is 2.40. The minimum Gasteiger partial charge on any atom is -0.332 e. The van der Waals surface area contributed by atoms with E-state index in [1.165, 1.54) is 16.7 Å². The molecule has 4 rings (SSSR count). The highest BCUT2D eigenvalue weighted by Crippen LogP contribution is 2.34. The normalized spacial score (nSPS) is 15.8. The van der Waals surface area contributed by atoms with E-state index in [1.807, 2.05) is 85.8 Å². The molecular formula is C24H21N3O2S2. The molecule has 7 heteroatoms. The topological polar surface area (TPSA) is 61.4 Å². The molecule has 0 aromatic heterocycles. The molecule has 2 amide bonds. The number of carbonyl (C=O) groups is 2. The van der Waals surface area contributed by atoms with Crippen LogP contribution in [0.4, 0.5) is 17.1 Å². The van der Waals surface area contributed by atoms with Crippen molar-refractivity contribution in [3.8, 4) is 0 Å². The van der Waals surface area contributed by atoms with Crippen molar-refractivity contribution in [3.63, 3.8) is 0 Å². The molecule has 3 aromatic carbocycles. The van der Waals surface area contributed by atoms with Gasteiger partial charge < -0.3 is 10.6 Å². The largest absolute Gasteiger partial charge is 0.332 e. The summed E-state index contributed by atoms with van der Waals surface area (Å²) < 4.78 is 0. The van der Waals surface area contributed by atoms with Gasteiger partial charge >= 0.3 is 0 Å². The van der Waals surface area contributed by atoms with Crippen molar-refractivity contribution in [3.05, 3.63) is 84.4 Å². The molecule has 2 N–H and O–H groups in total. The zero-order valence-electron chi connectivity index (χ0n) is 16.9. The number of imide groups is 1. The van der Waals surface area contributed by atoms with Crippen molar-refractivity contribution < 1.29 is 9.59 Å². The summed E-state index contributed by atoms with van der Waals surface area (Å²) in [5.74, 6) is -0.354. The molecule has 1 aliphatic heterocycles. The number of hydrogen-bond donors (Lipinski definition) is 2. The predicted octanol–water partition coefficient (Wildman–Crippen LogP) is 5.23. The fourth-order valence-corrected chi connectivity index (χ4v) is 4.64. The molecule has 0 bridgehead atoms. The van der Waals surface area contributed by atoms with Gasteiger partial charge in [0.05, 0.1) is 10.9 Å². The highest BCUT2D eigenvalue weighted by molar-refractivity contribution is 8.00. The maximum absolute atomic E-state index is 12.9. The second kappa shape index (κ2) is 9.32. The van der Waals surface area contributed by atoms with Crippen LogP contribution in [0, 0.1) is 6.92 Å². The maximum Gasteiger partial charge on any atom is 0.247 e. The number of nitrogens with zero attached hydrogens (tertiary/aromatic N) is 1. The Morgan fingerprint density at radius 3 is 2.35 bits per heavy atom. The minimum absolute atomic E-state index is 0.172. The lowest BCUT2D eigenvalue weighted by Crippen LogP contribution is -2.31. The van der Waals surface area contributed by atoms with E-state index in [0.29, 0.717) is 10.8 Å². The molecule has 156 valence electrons. The number of amides is 2. The maximum atomic E-state index is 12.9. The molecule has 0 spiro atoms. The first-order valence-corrected chi connectivity index (χ1v) is 11.1. The Morgan fingerprint density at radius 2 is 1.61 bits per heavy atom. The van der Waals surface area contributed by atoms with Crippen LogP contribution in [0.25, 0.3) is 0 Å². The predicted molar refractivity (Wildman–Crippen MR) is 131 cm³/mol. The van der Waals surface area contributed by atoms with Gasteiger partial charge in [0.15, 0.2) is 5.11 Å². The highest BCUT2D eigenvalue weighted by atomic mass is 32.2. The average molecular weight is 448 g/mol. The van der Waals surface area contributed by atoms with Gasteiger partial charge in [-0.3, -0.25) is 9.59 Å². The van der Waals surface area contributed by atoms with Crippen molar-refractivity contribution in [2.45, 2.75) is 23.5 Å². The van der Waals surface area contributed by atoms with E-state index >= 15 is 0 Å². The molecule has 0 aliphatic carbocycles. The van der Waals surface area contributed by atoms with Crippen LogP contribution in [0.2, 0.25) is 0 Å². The number of rotatable bonds is 5. The number of para-hydroxylation sites is 1. The van der Waals surface area contributed by atoms with Crippen LogP contribution in [-0.4, -0.2) is 22.2 Å². The number of thiocarbonyl (C=S) groups is 1. The first-order valence-electron chi connectivity index (χ1n) is 9.83. The fourth-order valence-electron chi connectivity index (χ4n) is 3.29. The molecule has 1 fully saturated rings. The van der Waals surface area contributed by atoms with Gasteiger partial charge in [-0.05, 0) is 61.6 Å². The minimum atomic E-state index is -0.446.